The van der Waals surface area contributed by atoms with Gasteiger partial charge in [-0.1, -0.05) is 198 Å². The van der Waals surface area contributed by atoms with Crippen LogP contribution in [0.5, 0.6) is 0 Å². The Morgan fingerprint density at radius 2 is 0.653 bits per heavy atom. The van der Waals surface area contributed by atoms with Crippen molar-refractivity contribution in [2.45, 2.75) is 85.2 Å². The maximum Gasteiger partial charge on any atom is 2.00 e. The molecule has 11 rings (SSSR count). The molecule has 11 aromatic carbocycles. The molecule has 0 bridgehead atoms. The van der Waals surface area contributed by atoms with Crippen molar-refractivity contribution >= 4 is 174 Å². The van der Waals surface area contributed by atoms with Gasteiger partial charge in [0.1, 0.15) is 30.7 Å². The van der Waals surface area contributed by atoms with Gasteiger partial charge in [0.15, 0.2) is 0 Å². The molecule has 0 aliphatic rings. The van der Waals surface area contributed by atoms with Crippen molar-refractivity contribution in [2.24, 2.45) is 0 Å². The van der Waals surface area contributed by atoms with Crippen molar-refractivity contribution in [3.05, 3.63) is 385 Å². The summed E-state index contributed by atoms with van der Waals surface area (Å²) in [6, 6.07) is 76.2. The van der Waals surface area contributed by atoms with Crippen LogP contribution in [0.4, 0.5) is 19.2 Å². The molecular weight excluding hydrogens is 2180 g/mol. The molecule has 32 nitrogen and oxygen atoms in total. The van der Waals surface area contributed by atoms with E-state index in [2.05, 4.69) is 62.8 Å². The number of benzene rings is 11. The number of esters is 4. The number of aryl methyl sites for hydroxylation is 1. The fourth-order valence-corrected chi connectivity index (χ4v) is 13.6. The average Bonchev–Trinajstić information content (AvgIpc) is 0.887. The van der Waals surface area contributed by atoms with Crippen molar-refractivity contribution < 1.29 is 176 Å². The SMILES string of the molecule is C.CCOC(=O)c1cccc(C(O)c2cccc(Cl)c2)c1.CCOC(=O)c1cccc(C(OCCNC(=O)OC)c2cccc(Cl)c2)c1.CCOC(=O)c1cccc(I)c1.CCOC(=O)c1cccc([C@@H](OCCNC(=O)OC)c2cccc(Cl)c2)c1.COC(=O)NCCO.COC(=O)NCCO[C@@H](c1cccc(Cl)c1)c1cccc(C(=O)O)c1.C[CH-]C.Cc1ccc(S(=O)(=O)O)cc1.O=Cc1cccc(Cl)c1.[Cl-].[Mg+2].[Na+].[OH-]. The van der Waals surface area contributed by atoms with E-state index in [1.165, 1.54) is 46.6 Å². The number of carbonyl (C=O) groups is 10. The number of carboxylic acid groups (broad SMARTS) is 1. The van der Waals surface area contributed by atoms with Crippen LogP contribution in [0, 0.1) is 16.9 Å². The molecular formula is C105H120Cl6IMgN4NaO28S. The van der Waals surface area contributed by atoms with Crippen LogP contribution >= 0.6 is 80.6 Å². The Morgan fingerprint density at radius 3 is 0.925 bits per heavy atom. The zero-order valence-corrected chi connectivity index (χ0v) is 93.2. The number of halogens is 7. The van der Waals surface area contributed by atoms with E-state index < -0.39 is 82.8 Å². The summed E-state index contributed by atoms with van der Waals surface area (Å²) >= 11 is 31.9. The summed E-state index contributed by atoms with van der Waals surface area (Å²) in [6.07, 6.45) is -1.61. The van der Waals surface area contributed by atoms with Crippen LogP contribution in [-0.4, -0.2) is 225 Å². The average molecular weight is 2310 g/mol. The molecule has 0 radical (unpaired) electrons. The maximum atomic E-state index is 12.0. The Balaban J connectivity index is -0.00000165. The van der Waals surface area contributed by atoms with Crippen molar-refractivity contribution in [2.75, 3.05) is 107 Å². The van der Waals surface area contributed by atoms with Gasteiger partial charge in [-0.2, -0.15) is 22.3 Å². The monoisotopic (exact) mass is 2300 g/mol. The van der Waals surface area contributed by atoms with Crippen molar-refractivity contribution in [3.63, 3.8) is 0 Å². The molecule has 0 aliphatic heterocycles. The van der Waals surface area contributed by atoms with Gasteiger partial charge < -0.3 is 113 Å². The summed E-state index contributed by atoms with van der Waals surface area (Å²) in [5, 5.41) is 40.4. The van der Waals surface area contributed by atoms with E-state index in [4.69, 9.17) is 101 Å². The zero-order valence-electron chi connectivity index (χ0n) is 82.2. The number of ether oxygens (including phenoxy) is 11. The van der Waals surface area contributed by atoms with Crippen LogP contribution in [0.15, 0.2) is 272 Å². The summed E-state index contributed by atoms with van der Waals surface area (Å²) in [4.78, 5) is 112. The number of alkyl carbamates (subject to hydrolysis) is 4. The first-order valence-electron chi connectivity index (χ1n) is 43.5. The smallest absolute Gasteiger partial charge is 1.00 e. The molecule has 0 saturated heterocycles. The molecule has 42 heteroatoms. The number of aliphatic hydroxyl groups excluding tert-OH is 2. The first-order chi connectivity index (χ1) is 68.0. The van der Waals surface area contributed by atoms with Crippen LogP contribution in [-0.2, 0) is 62.2 Å². The first-order valence-corrected chi connectivity index (χ1v) is 47.9. The number of hydrogen-bond donors (Lipinski definition) is 8. The van der Waals surface area contributed by atoms with Gasteiger partial charge in [0.25, 0.3) is 10.1 Å². The summed E-state index contributed by atoms with van der Waals surface area (Å²) in [5.41, 5.74) is 9.65. The van der Waals surface area contributed by atoms with Crippen LogP contribution in [0.25, 0.3) is 0 Å². The standard InChI is InChI=1S/2C20H22ClNO5.C18H18ClNO5.C16H15ClO3.C9H9IO2.C7H5ClO.C7H8O3S.C4H9NO3.C3H7.CH4.ClH.Mg.Na.H2O/c2*1-3-26-19(23)16-8-4-6-14(12-16)18(15-7-5-9-17(21)13-15)27-11-10-22-20(24)25-2;1-24-18(23)20-8-9-25-16(13-5-3-7-15(19)11-13)12-4-2-6-14(10-12)17(21)22;1-2-20-16(19)13-7-3-5-11(9-13)15(18)12-6-4-8-14(17)10-12;1-2-12-9(11)7-4-3-5-8(10)6-7;8-7-3-1-2-6(4-7)5-9;1-6-2-4-7(5-3-6)11(8,9)10;1-8-4(7)5-2-3-6;1-3-2;;;;;/h2*4-9,12-13,18H,3,10-11H2,1-2H3,(H,22,24);2-7,10-11,16H,8-9H2,1H3,(H,20,23)(H,21,22);3-10,15,18H,2H2,1H3;3-6H,2H2,1H3;1-5H;2-5H,1H3,(H,8,9,10);6H,2-3H2,1H3,(H,5,7);3H,1-2H3;1H4;1H;;;1H2/q;;;;;;;;-1;;;+2;+1;/p-2/t18-;;16-;;;;;;;;;;;/m1.1.........../s1. The van der Waals surface area contributed by atoms with Crippen LogP contribution in [0.3, 0.4) is 0 Å². The molecule has 0 heterocycles. The van der Waals surface area contributed by atoms with Gasteiger partial charge in [-0.05, 0) is 241 Å². The molecule has 786 valence electrons. The molecule has 4 amide bonds. The third-order valence-electron chi connectivity index (χ3n) is 17.9. The Labute approximate surface area is 940 Å². The largest absolute Gasteiger partial charge is 2.00 e. The number of aliphatic hydroxyl groups is 2. The van der Waals surface area contributed by atoms with Crippen LogP contribution in [0.1, 0.15) is 186 Å². The summed E-state index contributed by atoms with van der Waals surface area (Å²) < 4.78 is 86.1. The molecule has 0 spiro atoms. The Kier molecular flexibility index (Phi) is 77.8. The number of carbonyl (C=O) groups excluding carboxylic acids is 9. The van der Waals surface area contributed by atoms with Crippen LogP contribution < -0.4 is 63.2 Å². The third-order valence-corrected chi connectivity index (χ3v) is 20.6. The fourth-order valence-electron chi connectivity index (χ4n) is 11.6. The predicted molar refractivity (Wildman–Crippen MR) is 566 cm³/mol. The van der Waals surface area contributed by atoms with E-state index in [0.29, 0.717) is 96.0 Å². The normalized spacial score (nSPS) is 10.6. The molecule has 0 fully saturated rings. The van der Waals surface area contributed by atoms with E-state index in [9.17, 15) is 66.6 Å². The minimum atomic E-state index is -4.02. The number of methoxy groups -OCH3 is 4. The van der Waals surface area contributed by atoms with E-state index in [1.54, 1.807) is 222 Å². The number of aldehydes is 1. The summed E-state index contributed by atoms with van der Waals surface area (Å²) in [5.74, 6) is -2.45. The van der Waals surface area contributed by atoms with E-state index in [0.717, 1.165) is 43.2 Å². The van der Waals surface area contributed by atoms with E-state index in [1.807, 2.05) is 81.8 Å². The number of amides is 4. The van der Waals surface area contributed by atoms with Gasteiger partial charge in [0.2, 0.25) is 0 Å². The van der Waals surface area contributed by atoms with Gasteiger partial charge in [0.05, 0.1) is 114 Å². The minimum Gasteiger partial charge on any atom is -1.00 e. The molecule has 147 heavy (non-hydrogen) atoms. The third kappa shape index (κ3) is 57.7. The van der Waals surface area contributed by atoms with E-state index in [-0.39, 0.29) is 147 Å². The van der Waals surface area contributed by atoms with Gasteiger partial charge in [0, 0.05) is 60.4 Å². The summed E-state index contributed by atoms with van der Waals surface area (Å²) in [7, 11) is 1.13. The van der Waals surface area contributed by atoms with Gasteiger partial charge >= 0.3 is 107 Å². The maximum absolute atomic E-state index is 12.0. The number of carboxylic acids is 1. The van der Waals surface area contributed by atoms with Gasteiger partial charge in [-0.25, -0.2) is 43.2 Å². The quantitative estimate of drug-likeness (QED) is 0.00277. The number of nitrogens with one attached hydrogen (secondary N) is 4. The Morgan fingerprint density at radius 1 is 0.401 bits per heavy atom. The second-order valence-corrected chi connectivity index (χ2v) is 33.4. The fraction of sp³-hybridized carbons (Fsp3) is 0.267. The predicted octanol–water partition coefficient (Wildman–Crippen LogP) is 15.6. The topological polar surface area (TPSA) is 465 Å². The number of rotatable bonds is 33. The Bertz CT molecular complexity index is 5750. The minimum absolute atomic E-state index is 0. The molecule has 0 aromatic heterocycles. The molecule has 0 saturated carbocycles. The van der Waals surface area contributed by atoms with Crippen molar-refractivity contribution in [3.8, 4) is 0 Å². The number of hydrogen-bond acceptors (Lipinski definition) is 26. The molecule has 2 unspecified atom stereocenters. The van der Waals surface area contributed by atoms with Crippen molar-refractivity contribution in [1.29, 1.82) is 0 Å². The second kappa shape index (κ2) is 81.4. The van der Waals surface area contributed by atoms with Crippen LogP contribution in [0.2, 0.25) is 25.1 Å². The number of aromatic carboxylic acids is 1. The Hall–Kier alpha value is -10.6. The molecule has 9 N–H and O–H groups in total. The zero-order chi connectivity index (χ0) is 105. The van der Waals surface area contributed by atoms with Gasteiger partial charge in [-0.3, -0.25) is 9.35 Å². The molecule has 4 atom stereocenters. The van der Waals surface area contributed by atoms with Crippen molar-refractivity contribution in [1.82, 2.24) is 21.3 Å². The first kappa shape index (κ1) is 141. The molecule has 0 aliphatic carbocycles. The molecule has 11 aromatic rings. The van der Waals surface area contributed by atoms with E-state index >= 15 is 0 Å². The second-order valence-electron chi connectivity index (χ2n) is 28.5. The van der Waals surface area contributed by atoms with Gasteiger partial charge in [-0.15, -0.1) is 0 Å². The summed E-state index contributed by atoms with van der Waals surface area (Å²) in [6.45, 7) is 15.9.